The first-order chi connectivity index (χ1) is 16.3. The molecular formula is C27H25FN2O3S. The van der Waals surface area contributed by atoms with Crippen molar-refractivity contribution in [3.63, 3.8) is 0 Å². The van der Waals surface area contributed by atoms with E-state index in [0.717, 1.165) is 16.8 Å². The molecule has 5 nitrogen and oxygen atoms in total. The predicted molar refractivity (Wildman–Crippen MR) is 130 cm³/mol. The summed E-state index contributed by atoms with van der Waals surface area (Å²) in [6, 6.07) is 19.3. The van der Waals surface area contributed by atoms with Crippen molar-refractivity contribution < 1.29 is 17.5 Å². The molecule has 0 spiro atoms. The van der Waals surface area contributed by atoms with Gasteiger partial charge in [-0.25, -0.2) is 17.1 Å². The summed E-state index contributed by atoms with van der Waals surface area (Å²) in [6.45, 7) is 6.69. The van der Waals surface area contributed by atoms with E-state index in [1.54, 1.807) is 36.4 Å². The molecule has 3 aliphatic heterocycles. The van der Waals surface area contributed by atoms with Gasteiger partial charge in [0, 0.05) is 29.9 Å². The summed E-state index contributed by atoms with van der Waals surface area (Å²) in [6.07, 6.45) is 0.288. The zero-order valence-electron chi connectivity index (χ0n) is 19.0. The Kier molecular flexibility index (Phi) is 4.51. The third-order valence-corrected chi connectivity index (χ3v) is 9.35. The maximum absolute atomic E-state index is 15.6. The Balaban J connectivity index is 1.59. The SMILES string of the molecule is C=C1[C@@H]([C@@]23CCO[C@H]2N(C)c2ccccc23)c2c(F)cccc2N1S(=O)(=O)c1ccc(C)cc1. The van der Waals surface area contributed by atoms with Crippen LogP contribution in [0, 0.1) is 12.7 Å². The van der Waals surface area contributed by atoms with Crippen molar-refractivity contribution in [1.29, 1.82) is 0 Å². The van der Waals surface area contributed by atoms with Gasteiger partial charge in [-0.2, -0.15) is 0 Å². The fourth-order valence-electron chi connectivity index (χ4n) is 6.16. The molecule has 0 aromatic heterocycles. The molecule has 0 aliphatic carbocycles. The van der Waals surface area contributed by atoms with E-state index in [1.807, 2.05) is 38.2 Å². The van der Waals surface area contributed by atoms with E-state index in [9.17, 15) is 8.42 Å². The topological polar surface area (TPSA) is 49.9 Å². The fourth-order valence-corrected chi connectivity index (χ4v) is 7.68. The molecule has 3 aliphatic rings. The van der Waals surface area contributed by atoms with Crippen LogP contribution in [0.2, 0.25) is 0 Å². The lowest BCUT2D eigenvalue weighted by Crippen LogP contribution is -2.45. The number of nitrogens with zero attached hydrogens (tertiary/aromatic N) is 2. The second-order valence-electron chi connectivity index (χ2n) is 9.32. The van der Waals surface area contributed by atoms with Gasteiger partial charge >= 0.3 is 0 Å². The number of ether oxygens (including phenoxy) is 1. The molecule has 1 fully saturated rings. The van der Waals surface area contributed by atoms with Crippen LogP contribution in [0.3, 0.4) is 0 Å². The average Bonchev–Trinajstić information content (AvgIpc) is 3.45. The van der Waals surface area contributed by atoms with Gasteiger partial charge in [0.05, 0.1) is 22.6 Å². The fraction of sp³-hybridized carbons (Fsp3) is 0.259. The second-order valence-corrected chi connectivity index (χ2v) is 11.1. The van der Waals surface area contributed by atoms with Crippen LogP contribution < -0.4 is 9.21 Å². The lowest BCUT2D eigenvalue weighted by molar-refractivity contribution is 0.0828. The average molecular weight is 477 g/mol. The standard InChI is InChI=1S/C27H25FN2O3S/c1-17-11-13-19(14-12-17)34(31,32)30-18(2)25(24-21(28)8-6-10-23(24)30)27-15-16-33-26(27)29(3)22-9-5-4-7-20(22)27/h4-14,25-26H,2,15-16H2,1,3H3/t25-,26-,27+/m1/s1. The number of fused-ring (bicyclic) bond motifs is 4. The van der Waals surface area contributed by atoms with Gasteiger partial charge in [0.1, 0.15) is 12.0 Å². The lowest BCUT2D eigenvalue weighted by atomic mass is 9.66. The first-order valence-electron chi connectivity index (χ1n) is 11.3. The number of para-hydroxylation sites is 1. The summed E-state index contributed by atoms with van der Waals surface area (Å²) in [5.41, 5.74) is 3.39. The van der Waals surface area contributed by atoms with E-state index in [0.29, 0.717) is 30.0 Å². The Morgan fingerprint density at radius 1 is 1.03 bits per heavy atom. The number of anilines is 2. The molecule has 0 amide bonds. The summed E-state index contributed by atoms with van der Waals surface area (Å²) in [5, 5.41) is 0. The monoisotopic (exact) mass is 476 g/mol. The van der Waals surface area contributed by atoms with Crippen molar-refractivity contribution in [3.8, 4) is 0 Å². The van der Waals surface area contributed by atoms with Crippen LogP contribution in [0.25, 0.3) is 0 Å². The molecule has 7 heteroatoms. The Hall–Kier alpha value is -3.16. The molecule has 1 saturated heterocycles. The van der Waals surface area contributed by atoms with Crippen molar-refractivity contribution in [2.45, 2.75) is 35.8 Å². The number of likely N-dealkylation sites (N-methyl/N-ethyl adjacent to an activating group) is 1. The highest BCUT2D eigenvalue weighted by Crippen LogP contribution is 2.63. The number of sulfonamides is 1. The van der Waals surface area contributed by atoms with Crippen molar-refractivity contribution in [2.75, 3.05) is 22.9 Å². The summed E-state index contributed by atoms with van der Waals surface area (Å²) in [4.78, 5) is 2.23. The third kappa shape index (κ3) is 2.59. The molecule has 0 unspecified atom stereocenters. The number of hydrogen-bond donors (Lipinski definition) is 0. The van der Waals surface area contributed by atoms with E-state index in [4.69, 9.17) is 4.74 Å². The van der Waals surface area contributed by atoms with Gasteiger partial charge in [-0.15, -0.1) is 0 Å². The van der Waals surface area contributed by atoms with Crippen LogP contribution in [0.1, 0.15) is 29.0 Å². The number of aryl methyl sites for hydroxylation is 1. The Morgan fingerprint density at radius 2 is 1.74 bits per heavy atom. The van der Waals surface area contributed by atoms with Gasteiger partial charge in [0.15, 0.2) is 0 Å². The van der Waals surface area contributed by atoms with Crippen molar-refractivity contribution in [3.05, 3.63) is 102 Å². The molecule has 0 saturated carbocycles. The van der Waals surface area contributed by atoms with E-state index in [2.05, 4.69) is 11.5 Å². The zero-order valence-corrected chi connectivity index (χ0v) is 19.8. The van der Waals surface area contributed by atoms with Gasteiger partial charge in [-0.3, -0.25) is 0 Å². The van der Waals surface area contributed by atoms with Crippen molar-refractivity contribution in [1.82, 2.24) is 0 Å². The minimum absolute atomic E-state index is 0.149. The number of hydrogen-bond acceptors (Lipinski definition) is 4. The van der Waals surface area contributed by atoms with Gasteiger partial charge in [-0.1, -0.05) is 48.5 Å². The highest BCUT2D eigenvalue weighted by atomic mass is 32.2. The molecule has 0 bridgehead atoms. The van der Waals surface area contributed by atoms with E-state index in [-0.39, 0.29) is 11.1 Å². The zero-order chi connectivity index (χ0) is 23.8. The molecule has 34 heavy (non-hydrogen) atoms. The molecule has 3 aromatic rings. The van der Waals surface area contributed by atoms with Crippen LogP contribution in [-0.2, 0) is 20.2 Å². The molecule has 174 valence electrons. The van der Waals surface area contributed by atoms with Crippen LogP contribution in [-0.4, -0.2) is 28.3 Å². The Labute approximate surface area is 199 Å². The van der Waals surface area contributed by atoms with Gasteiger partial charge < -0.3 is 9.64 Å². The van der Waals surface area contributed by atoms with E-state index < -0.39 is 27.2 Å². The van der Waals surface area contributed by atoms with Crippen LogP contribution >= 0.6 is 0 Å². The predicted octanol–water partition coefficient (Wildman–Crippen LogP) is 5.07. The summed E-state index contributed by atoms with van der Waals surface area (Å²) in [7, 11) is -2.04. The Bertz CT molecular complexity index is 1440. The second kappa shape index (κ2) is 7.17. The minimum atomic E-state index is -4.01. The van der Waals surface area contributed by atoms with Crippen LogP contribution in [0.4, 0.5) is 15.8 Å². The first kappa shape index (κ1) is 21.4. The van der Waals surface area contributed by atoms with Gasteiger partial charge in [0.2, 0.25) is 0 Å². The summed E-state index contributed by atoms with van der Waals surface area (Å²) >= 11 is 0. The summed E-state index contributed by atoms with van der Waals surface area (Å²) in [5.74, 6) is -1.03. The molecule has 0 N–H and O–H groups in total. The molecule has 0 radical (unpaired) electrons. The minimum Gasteiger partial charge on any atom is -0.357 e. The normalized spacial score (nSPS) is 25.4. The largest absolute Gasteiger partial charge is 0.357 e. The quantitative estimate of drug-likeness (QED) is 0.529. The van der Waals surface area contributed by atoms with Crippen LogP contribution in [0.15, 0.2) is 83.9 Å². The number of benzene rings is 3. The smallest absolute Gasteiger partial charge is 0.268 e. The molecule has 3 heterocycles. The third-order valence-electron chi connectivity index (χ3n) is 7.58. The van der Waals surface area contributed by atoms with Crippen molar-refractivity contribution >= 4 is 21.4 Å². The maximum atomic E-state index is 15.6. The molecule has 3 aromatic carbocycles. The molecule has 3 atom stereocenters. The molecular weight excluding hydrogens is 451 g/mol. The Morgan fingerprint density at radius 3 is 2.50 bits per heavy atom. The summed E-state index contributed by atoms with van der Waals surface area (Å²) < 4.78 is 50.8. The number of rotatable bonds is 3. The van der Waals surface area contributed by atoms with E-state index >= 15 is 4.39 Å². The van der Waals surface area contributed by atoms with Crippen LogP contribution in [0.5, 0.6) is 0 Å². The van der Waals surface area contributed by atoms with Gasteiger partial charge in [0.25, 0.3) is 10.0 Å². The van der Waals surface area contributed by atoms with E-state index in [1.165, 1.54) is 10.4 Å². The van der Waals surface area contributed by atoms with Gasteiger partial charge in [-0.05, 0) is 49.2 Å². The number of allylic oxidation sites excluding steroid dienone is 1. The van der Waals surface area contributed by atoms with Crippen molar-refractivity contribution in [2.24, 2.45) is 0 Å². The first-order valence-corrected chi connectivity index (χ1v) is 12.8. The highest BCUT2D eigenvalue weighted by molar-refractivity contribution is 7.93. The highest BCUT2D eigenvalue weighted by Gasteiger charge is 2.63. The number of halogens is 1. The lowest BCUT2D eigenvalue weighted by Gasteiger charge is -2.37. The maximum Gasteiger partial charge on any atom is 0.268 e. The molecule has 6 rings (SSSR count).